The van der Waals surface area contributed by atoms with Crippen LogP contribution in [0.1, 0.15) is 47.8 Å². The molecule has 1 atom stereocenters. The number of aromatic amines is 1. The van der Waals surface area contributed by atoms with Crippen LogP contribution < -0.4 is 16.6 Å². The van der Waals surface area contributed by atoms with Gasteiger partial charge in [-0.15, -0.1) is 0 Å². The largest absolute Gasteiger partial charge is 0.345 e. The first kappa shape index (κ1) is 18.3. The van der Waals surface area contributed by atoms with Gasteiger partial charge in [0, 0.05) is 12.2 Å². The molecule has 1 fully saturated rings. The predicted molar refractivity (Wildman–Crippen MR) is 115 cm³/mol. The summed E-state index contributed by atoms with van der Waals surface area (Å²) in [5, 5.41) is 5.42. The number of rotatable bonds is 4. The maximum absolute atomic E-state index is 12.9. The Bertz CT molecular complexity index is 1410. The number of H-pyrrole nitrogens is 1. The summed E-state index contributed by atoms with van der Waals surface area (Å²) >= 11 is 0. The van der Waals surface area contributed by atoms with Crippen LogP contribution >= 0.6 is 0 Å². The number of benzene rings is 2. The summed E-state index contributed by atoms with van der Waals surface area (Å²) < 4.78 is 1.51. The van der Waals surface area contributed by atoms with Crippen molar-refractivity contribution in [2.75, 3.05) is 0 Å². The molecule has 30 heavy (non-hydrogen) atoms. The van der Waals surface area contributed by atoms with Gasteiger partial charge in [-0.05, 0) is 42.2 Å². The van der Waals surface area contributed by atoms with E-state index in [4.69, 9.17) is 0 Å². The summed E-state index contributed by atoms with van der Waals surface area (Å²) in [6.07, 6.45) is 3.19. The minimum atomic E-state index is -0.531. The molecular formula is C23H20N4O3. The van der Waals surface area contributed by atoms with E-state index in [1.807, 2.05) is 49.4 Å². The van der Waals surface area contributed by atoms with E-state index in [0.717, 1.165) is 29.2 Å². The van der Waals surface area contributed by atoms with Gasteiger partial charge < -0.3 is 5.32 Å². The van der Waals surface area contributed by atoms with E-state index in [1.165, 1.54) is 16.8 Å². The number of hydrogen-bond donors (Lipinski definition) is 2. The second-order valence-electron chi connectivity index (χ2n) is 7.72. The molecule has 1 saturated carbocycles. The van der Waals surface area contributed by atoms with Crippen LogP contribution in [0.4, 0.5) is 0 Å². The number of nitrogens with zero attached hydrogens (tertiary/aromatic N) is 2. The van der Waals surface area contributed by atoms with Crippen LogP contribution in [0.2, 0.25) is 0 Å². The highest BCUT2D eigenvalue weighted by Gasteiger charge is 2.28. The van der Waals surface area contributed by atoms with Gasteiger partial charge in [0.15, 0.2) is 0 Å². The molecule has 0 bridgehead atoms. The molecule has 4 aromatic rings. The molecule has 1 amide bonds. The number of carbonyl (C=O) groups excluding carboxylic acids is 1. The molecule has 1 aliphatic carbocycles. The van der Waals surface area contributed by atoms with Gasteiger partial charge in [-0.3, -0.25) is 19.1 Å². The molecule has 2 heterocycles. The van der Waals surface area contributed by atoms with Crippen molar-refractivity contribution >= 4 is 27.7 Å². The molecule has 2 aromatic carbocycles. The number of carbonyl (C=O) groups is 1. The van der Waals surface area contributed by atoms with Gasteiger partial charge in [0.25, 0.3) is 11.5 Å². The van der Waals surface area contributed by atoms with Gasteiger partial charge in [0.2, 0.25) is 0 Å². The summed E-state index contributed by atoms with van der Waals surface area (Å²) in [5.41, 5.74) is 0.627. The Morgan fingerprint density at radius 2 is 1.90 bits per heavy atom. The molecule has 2 aromatic heterocycles. The third kappa shape index (κ3) is 3.08. The van der Waals surface area contributed by atoms with Crippen LogP contribution in [0, 0.1) is 0 Å². The summed E-state index contributed by atoms with van der Waals surface area (Å²) in [6, 6.07) is 15.3. The van der Waals surface area contributed by atoms with E-state index < -0.39 is 11.2 Å². The highest BCUT2D eigenvalue weighted by atomic mass is 16.2. The van der Waals surface area contributed by atoms with Crippen LogP contribution in [0.5, 0.6) is 0 Å². The fraction of sp³-hybridized carbons (Fsp3) is 0.217. The molecular weight excluding hydrogens is 380 g/mol. The Kier molecular flexibility index (Phi) is 4.24. The van der Waals surface area contributed by atoms with Crippen molar-refractivity contribution in [2.45, 2.75) is 31.8 Å². The maximum Gasteiger partial charge on any atom is 0.330 e. The normalized spacial score (nSPS) is 14.7. The van der Waals surface area contributed by atoms with Crippen LogP contribution in [-0.2, 0) is 0 Å². The average molecular weight is 400 g/mol. The molecule has 0 aliphatic heterocycles. The first-order valence-electron chi connectivity index (χ1n) is 9.96. The second-order valence-corrected chi connectivity index (χ2v) is 7.72. The lowest BCUT2D eigenvalue weighted by Crippen LogP contribution is -2.31. The quantitative estimate of drug-likeness (QED) is 0.550. The van der Waals surface area contributed by atoms with Gasteiger partial charge in [-0.2, -0.15) is 0 Å². The van der Waals surface area contributed by atoms with Crippen molar-refractivity contribution in [3.05, 3.63) is 86.7 Å². The Hall–Kier alpha value is -3.74. The highest BCUT2D eigenvalue weighted by molar-refractivity contribution is 5.97. The molecule has 1 aliphatic rings. The van der Waals surface area contributed by atoms with E-state index in [0.29, 0.717) is 5.65 Å². The van der Waals surface area contributed by atoms with Crippen molar-refractivity contribution in [1.29, 1.82) is 0 Å². The Labute approximate surface area is 171 Å². The number of fused-ring (bicyclic) bond motifs is 2. The van der Waals surface area contributed by atoms with Crippen molar-refractivity contribution in [3.63, 3.8) is 0 Å². The number of pyridine rings is 1. The summed E-state index contributed by atoms with van der Waals surface area (Å²) in [7, 11) is 0. The fourth-order valence-corrected chi connectivity index (χ4v) is 3.92. The molecule has 150 valence electrons. The van der Waals surface area contributed by atoms with E-state index in [9.17, 15) is 14.4 Å². The maximum atomic E-state index is 12.9. The van der Waals surface area contributed by atoms with Crippen LogP contribution in [-0.4, -0.2) is 20.4 Å². The summed E-state index contributed by atoms with van der Waals surface area (Å²) in [6.45, 7) is 1.92. The number of aromatic nitrogens is 3. The fourth-order valence-electron chi connectivity index (χ4n) is 3.92. The summed E-state index contributed by atoms with van der Waals surface area (Å²) in [5.74, 6) is -0.326. The standard InChI is InChI=1S/C23H20N4O3/c1-13(17-8-4-6-14-5-2-3-7-18(14)17)25-21(28)15-11-19-20(24-12-15)27(16-9-10-16)23(30)26-22(19)29/h2-8,11-13,16H,9-10H2,1H3,(H,25,28)(H,26,29,30). The SMILES string of the molecule is CC(NC(=O)c1cnc2c(c1)c(=O)[nH]c(=O)n2C1CC1)c1cccc2ccccc12. The zero-order valence-corrected chi connectivity index (χ0v) is 16.4. The van der Waals surface area contributed by atoms with Crippen LogP contribution in [0.3, 0.4) is 0 Å². The van der Waals surface area contributed by atoms with Crippen molar-refractivity contribution in [2.24, 2.45) is 0 Å². The number of nitrogens with one attached hydrogen (secondary N) is 2. The molecule has 7 nitrogen and oxygen atoms in total. The van der Waals surface area contributed by atoms with E-state index in [-0.39, 0.29) is 28.9 Å². The number of hydrogen-bond acceptors (Lipinski definition) is 4. The smallest absolute Gasteiger partial charge is 0.330 e. The molecule has 5 rings (SSSR count). The molecule has 0 spiro atoms. The van der Waals surface area contributed by atoms with Crippen molar-refractivity contribution in [1.82, 2.24) is 19.9 Å². The van der Waals surface area contributed by atoms with Gasteiger partial charge in [0.05, 0.1) is 17.0 Å². The van der Waals surface area contributed by atoms with Gasteiger partial charge in [-0.25, -0.2) is 9.78 Å². The average Bonchev–Trinajstić information content (AvgIpc) is 3.58. The van der Waals surface area contributed by atoms with Gasteiger partial charge in [0.1, 0.15) is 5.65 Å². The monoisotopic (exact) mass is 400 g/mol. The highest BCUT2D eigenvalue weighted by Crippen LogP contribution is 2.34. The lowest BCUT2D eigenvalue weighted by atomic mass is 9.99. The van der Waals surface area contributed by atoms with Gasteiger partial charge in [-0.1, -0.05) is 42.5 Å². The predicted octanol–water partition coefficient (Wildman–Crippen LogP) is 3.06. The minimum absolute atomic E-state index is 0.0652. The van der Waals surface area contributed by atoms with E-state index >= 15 is 0 Å². The Morgan fingerprint density at radius 1 is 1.13 bits per heavy atom. The molecule has 1 unspecified atom stereocenters. The third-order valence-electron chi connectivity index (χ3n) is 5.59. The van der Waals surface area contributed by atoms with Gasteiger partial charge >= 0.3 is 5.69 Å². The summed E-state index contributed by atoms with van der Waals surface area (Å²) in [4.78, 5) is 44.0. The lowest BCUT2D eigenvalue weighted by Gasteiger charge is -2.17. The zero-order chi connectivity index (χ0) is 20.8. The molecule has 0 saturated heterocycles. The Balaban J connectivity index is 1.49. The first-order valence-corrected chi connectivity index (χ1v) is 9.96. The number of amides is 1. The van der Waals surface area contributed by atoms with E-state index in [1.54, 1.807) is 0 Å². The molecule has 0 radical (unpaired) electrons. The van der Waals surface area contributed by atoms with Crippen LogP contribution in [0.25, 0.3) is 21.8 Å². The van der Waals surface area contributed by atoms with Crippen LogP contribution in [0.15, 0.2) is 64.3 Å². The van der Waals surface area contributed by atoms with E-state index in [2.05, 4.69) is 15.3 Å². The molecule has 7 heteroatoms. The minimum Gasteiger partial charge on any atom is -0.345 e. The zero-order valence-electron chi connectivity index (χ0n) is 16.4. The molecule has 2 N–H and O–H groups in total. The second kappa shape index (κ2) is 6.95. The first-order chi connectivity index (χ1) is 14.5. The van der Waals surface area contributed by atoms with Crippen molar-refractivity contribution in [3.8, 4) is 0 Å². The third-order valence-corrected chi connectivity index (χ3v) is 5.59. The Morgan fingerprint density at radius 3 is 2.70 bits per heavy atom. The lowest BCUT2D eigenvalue weighted by molar-refractivity contribution is 0.0940. The van der Waals surface area contributed by atoms with Crippen molar-refractivity contribution < 1.29 is 4.79 Å². The topological polar surface area (TPSA) is 96.8 Å².